The Morgan fingerprint density at radius 1 is 1.10 bits per heavy atom. The second kappa shape index (κ2) is 7.41. The minimum absolute atomic E-state index is 0.284. The fourth-order valence-corrected chi connectivity index (χ4v) is 2.09. The fraction of sp³-hybridized carbons (Fsp3) is 0.250. The Bertz CT molecular complexity index is 557. The van der Waals surface area contributed by atoms with Crippen LogP contribution in [0.15, 0.2) is 46.9 Å². The highest BCUT2D eigenvalue weighted by Gasteiger charge is 2.03. The lowest BCUT2D eigenvalue weighted by Crippen LogP contribution is -2.13. The molecule has 106 valence electrons. The predicted molar refractivity (Wildman–Crippen MR) is 82.6 cm³/mol. The van der Waals surface area contributed by atoms with Gasteiger partial charge in [-0.1, -0.05) is 22.9 Å². The van der Waals surface area contributed by atoms with Gasteiger partial charge in [-0.25, -0.2) is 4.39 Å². The van der Waals surface area contributed by atoms with Crippen molar-refractivity contribution in [2.75, 3.05) is 6.54 Å². The summed E-state index contributed by atoms with van der Waals surface area (Å²) in [6.07, 6.45) is 1.05. The highest BCUT2D eigenvalue weighted by atomic mass is 79.9. The summed E-state index contributed by atoms with van der Waals surface area (Å²) in [6.45, 7) is 3.66. The van der Waals surface area contributed by atoms with Gasteiger partial charge in [0.15, 0.2) is 0 Å². The zero-order chi connectivity index (χ0) is 14.4. The molecule has 0 aliphatic carbocycles. The van der Waals surface area contributed by atoms with Gasteiger partial charge in [-0.2, -0.15) is 0 Å². The minimum atomic E-state index is -0.284. The lowest BCUT2D eigenvalue weighted by atomic mass is 10.2. The van der Waals surface area contributed by atoms with Gasteiger partial charge in [-0.05, 0) is 54.9 Å². The van der Waals surface area contributed by atoms with Crippen LogP contribution in [0.1, 0.15) is 18.9 Å². The van der Waals surface area contributed by atoms with Crippen molar-refractivity contribution in [2.45, 2.75) is 19.9 Å². The van der Waals surface area contributed by atoms with Crippen LogP contribution in [-0.4, -0.2) is 6.54 Å². The Balaban J connectivity index is 2.09. The van der Waals surface area contributed by atoms with Crippen molar-refractivity contribution in [1.29, 1.82) is 0 Å². The van der Waals surface area contributed by atoms with E-state index in [1.807, 2.05) is 30.3 Å². The number of ether oxygens (including phenoxy) is 1. The third-order valence-electron chi connectivity index (χ3n) is 2.74. The van der Waals surface area contributed by atoms with Crippen LogP contribution in [0.25, 0.3) is 0 Å². The summed E-state index contributed by atoms with van der Waals surface area (Å²) in [6, 6.07) is 12.2. The van der Waals surface area contributed by atoms with E-state index in [0.29, 0.717) is 18.0 Å². The second-order valence-electron chi connectivity index (χ2n) is 4.53. The standard InChI is InChI=1S/C16H17BrFNO/c1-2-7-19-11-12-8-14(18)10-16(9-12)20-15-5-3-13(17)4-6-15/h3-6,8-10,19H,2,7,11H2,1H3. The number of rotatable bonds is 6. The zero-order valence-electron chi connectivity index (χ0n) is 11.3. The highest BCUT2D eigenvalue weighted by Crippen LogP contribution is 2.25. The van der Waals surface area contributed by atoms with Gasteiger partial charge in [-0.3, -0.25) is 0 Å². The molecule has 0 spiro atoms. The summed E-state index contributed by atoms with van der Waals surface area (Å²) in [5, 5.41) is 3.25. The molecule has 0 saturated heterocycles. The first-order chi connectivity index (χ1) is 9.67. The zero-order valence-corrected chi connectivity index (χ0v) is 12.9. The van der Waals surface area contributed by atoms with Crippen molar-refractivity contribution in [3.05, 3.63) is 58.3 Å². The summed E-state index contributed by atoms with van der Waals surface area (Å²) in [5.74, 6) is 0.916. The van der Waals surface area contributed by atoms with E-state index < -0.39 is 0 Å². The Hall–Kier alpha value is -1.39. The van der Waals surface area contributed by atoms with E-state index in [2.05, 4.69) is 28.2 Å². The van der Waals surface area contributed by atoms with Crippen molar-refractivity contribution in [1.82, 2.24) is 5.32 Å². The molecule has 2 aromatic rings. The SMILES string of the molecule is CCCNCc1cc(F)cc(Oc2ccc(Br)cc2)c1. The van der Waals surface area contributed by atoms with Crippen LogP contribution >= 0.6 is 15.9 Å². The maximum Gasteiger partial charge on any atom is 0.130 e. The first kappa shape index (κ1) is 15.0. The molecule has 0 radical (unpaired) electrons. The fourth-order valence-electron chi connectivity index (χ4n) is 1.83. The topological polar surface area (TPSA) is 21.3 Å². The van der Waals surface area contributed by atoms with Gasteiger partial charge < -0.3 is 10.1 Å². The molecule has 20 heavy (non-hydrogen) atoms. The first-order valence-electron chi connectivity index (χ1n) is 6.61. The molecule has 0 heterocycles. The van der Waals surface area contributed by atoms with E-state index >= 15 is 0 Å². The van der Waals surface area contributed by atoms with Crippen molar-refractivity contribution in [2.24, 2.45) is 0 Å². The molecular weight excluding hydrogens is 321 g/mol. The maximum absolute atomic E-state index is 13.6. The van der Waals surface area contributed by atoms with Crippen LogP contribution in [0.5, 0.6) is 11.5 Å². The molecule has 0 aromatic heterocycles. The van der Waals surface area contributed by atoms with E-state index in [0.717, 1.165) is 23.0 Å². The molecule has 4 heteroatoms. The smallest absolute Gasteiger partial charge is 0.130 e. The molecular formula is C16H17BrFNO. The van der Waals surface area contributed by atoms with Crippen LogP contribution in [0.2, 0.25) is 0 Å². The molecule has 0 atom stereocenters. The average Bonchev–Trinajstić information content (AvgIpc) is 2.41. The van der Waals surface area contributed by atoms with Gasteiger partial charge in [0.2, 0.25) is 0 Å². The van der Waals surface area contributed by atoms with E-state index in [-0.39, 0.29) is 5.82 Å². The minimum Gasteiger partial charge on any atom is -0.457 e. The van der Waals surface area contributed by atoms with E-state index in [1.165, 1.54) is 12.1 Å². The molecule has 0 aliphatic rings. The Morgan fingerprint density at radius 2 is 1.85 bits per heavy atom. The van der Waals surface area contributed by atoms with Gasteiger partial charge in [0, 0.05) is 17.1 Å². The molecule has 0 amide bonds. The molecule has 0 bridgehead atoms. The Labute approximate surface area is 127 Å². The molecule has 0 aliphatic heterocycles. The molecule has 2 aromatic carbocycles. The normalized spacial score (nSPS) is 10.6. The average molecular weight is 338 g/mol. The van der Waals surface area contributed by atoms with Crippen molar-refractivity contribution in [3.8, 4) is 11.5 Å². The monoisotopic (exact) mass is 337 g/mol. The summed E-state index contributed by atoms with van der Waals surface area (Å²) in [5.41, 5.74) is 0.880. The van der Waals surface area contributed by atoms with Gasteiger partial charge in [-0.15, -0.1) is 0 Å². The predicted octanol–water partition coefficient (Wildman–Crippen LogP) is 4.88. The number of halogens is 2. The first-order valence-corrected chi connectivity index (χ1v) is 7.40. The number of hydrogen-bond acceptors (Lipinski definition) is 2. The van der Waals surface area contributed by atoms with Crippen molar-refractivity contribution < 1.29 is 9.13 Å². The van der Waals surface area contributed by atoms with E-state index in [9.17, 15) is 4.39 Å². The summed E-state index contributed by atoms with van der Waals surface area (Å²) in [7, 11) is 0. The lowest BCUT2D eigenvalue weighted by Gasteiger charge is -2.09. The van der Waals surface area contributed by atoms with Crippen molar-refractivity contribution in [3.63, 3.8) is 0 Å². The van der Waals surface area contributed by atoms with Gasteiger partial charge >= 0.3 is 0 Å². The van der Waals surface area contributed by atoms with Gasteiger partial charge in [0.1, 0.15) is 17.3 Å². The largest absolute Gasteiger partial charge is 0.457 e. The summed E-state index contributed by atoms with van der Waals surface area (Å²) in [4.78, 5) is 0. The maximum atomic E-state index is 13.6. The van der Waals surface area contributed by atoms with Crippen LogP contribution < -0.4 is 10.1 Å². The van der Waals surface area contributed by atoms with Crippen LogP contribution in [0.4, 0.5) is 4.39 Å². The van der Waals surface area contributed by atoms with Gasteiger partial charge in [0.05, 0.1) is 0 Å². The van der Waals surface area contributed by atoms with E-state index in [1.54, 1.807) is 0 Å². The van der Waals surface area contributed by atoms with Crippen molar-refractivity contribution >= 4 is 15.9 Å². The van der Waals surface area contributed by atoms with E-state index in [4.69, 9.17) is 4.74 Å². The third-order valence-corrected chi connectivity index (χ3v) is 3.26. The number of benzene rings is 2. The molecule has 1 N–H and O–H groups in total. The Morgan fingerprint density at radius 3 is 2.55 bits per heavy atom. The van der Waals surface area contributed by atoms with Crippen LogP contribution in [-0.2, 0) is 6.54 Å². The highest BCUT2D eigenvalue weighted by molar-refractivity contribution is 9.10. The lowest BCUT2D eigenvalue weighted by molar-refractivity contribution is 0.475. The van der Waals surface area contributed by atoms with Crippen LogP contribution in [0, 0.1) is 5.82 Å². The third kappa shape index (κ3) is 4.62. The molecule has 0 saturated carbocycles. The summed E-state index contributed by atoms with van der Waals surface area (Å²) < 4.78 is 20.2. The van der Waals surface area contributed by atoms with Gasteiger partial charge in [0.25, 0.3) is 0 Å². The molecule has 2 nitrogen and oxygen atoms in total. The molecule has 2 rings (SSSR count). The van der Waals surface area contributed by atoms with Crippen LogP contribution in [0.3, 0.4) is 0 Å². The number of hydrogen-bond donors (Lipinski definition) is 1. The number of nitrogens with one attached hydrogen (secondary N) is 1. The molecule has 0 fully saturated rings. The second-order valence-corrected chi connectivity index (χ2v) is 5.44. The Kier molecular flexibility index (Phi) is 5.56. The quantitative estimate of drug-likeness (QED) is 0.758. The summed E-state index contributed by atoms with van der Waals surface area (Å²) >= 11 is 3.37. The molecule has 0 unspecified atom stereocenters.